The molecule has 0 fully saturated rings. The first-order valence-corrected chi connectivity index (χ1v) is 16.3. The molecule has 2 unspecified atom stereocenters. The molecule has 0 heterocycles. The van der Waals surface area contributed by atoms with Crippen LogP contribution in [0.5, 0.6) is 0 Å². The predicted molar refractivity (Wildman–Crippen MR) is 193 cm³/mol. The van der Waals surface area contributed by atoms with Crippen molar-refractivity contribution in [3.05, 3.63) is 179 Å². The van der Waals surface area contributed by atoms with Gasteiger partial charge in [0.2, 0.25) is 0 Å². The molecule has 0 saturated carbocycles. The van der Waals surface area contributed by atoms with Crippen molar-refractivity contribution in [2.45, 2.75) is 65.3 Å². The van der Waals surface area contributed by atoms with Crippen LogP contribution in [0.4, 0.5) is 0 Å². The molecule has 0 amide bonds. The van der Waals surface area contributed by atoms with E-state index in [0.717, 1.165) is 49.2 Å². The predicted octanol–water partition coefficient (Wildman–Crippen LogP) is 9.11. The maximum atomic E-state index is 8.88. The number of hydrogen-bond donors (Lipinski definition) is 2. The third-order valence-electron chi connectivity index (χ3n) is 7.37. The molecule has 4 aromatic rings. The van der Waals surface area contributed by atoms with Gasteiger partial charge in [0.1, 0.15) is 12.4 Å². The van der Waals surface area contributed by atoms with Crippen LogP contribution in [0, 0.1) is 11.3 Å². The van der Waals surface area contributed by atoms with Gasteiger partial charge in [0, 0.05) is 25.2 Å². The summed E-state index contributed by atoms with van der Waals surface area (Å²) >= 11 is 0. The molecule has 0 radical (unpaired) electrons. The smallest absolute Gasteiger partial charge is 0.119 e. The van der Waals surface area contributed by atoms with E-state index in [1.54, 1.807) is 0 Å². The van der Waals surface area contributed by atoms with E-state index in [9.17, 15) is 0 Å². The largest absolute Gasteiger partial charge is 0.489 e. The zero-order chi connectivity index (χ0) is 32.7. The van der Waals surface area contributed by atoms with Crippen LogP contribution in [0.15, 0.2) is 151 Å². The van der Waals surface area contributed by atoms with E-state index in [4.69, 9.17) is 10.00 Å². The minimum absolute atomic E-state index is 0.426. The number of ether oxygens (including phenoxy) is 1. The van der Waals surface area contributed by atoms with E-state index in [0.29, 0.717) is 18.7 Å². The van der Waals surface area contributed by atoms with E-state index in [1.807, 2.05) is 73.7 Å². The molecule has 0 bridgehead atoms. The number of allylic oxidation sites excluding steroid dienone is 4. The van der Waals surface area contributed by atoms with Crippen LogP contribution in [0.25, 0.3) is 0 Å². The van der Waals surface area contributed by atoms with Gasteiger partial charge in [-0.25, -0.2) is 0 Å². The molecule has 0 saturated heterocycles. The summed E-state index contributed by atoms with van der Waals surface area (Å²) in [6.45, 7) is 8.62. The van der Waals surface area contributed by atoms with Crippen molar-refractivity contribution in [1.82, 2.24) is 10.6 Å². The molecule has 0 aromatic heterocycles. The van der Waals surface area contributed by atoms with Gasteiger partial charge in [-0.05, 0) is 86.6 Å². The van der Waals surface area contributed by atoms with Crippen LogP contribution < -0.4 is 10.6 Å². The Kier molecular flexibility index (Phi) is 17.1. The Labute approximate surface area is 277 Å². The van der Waals surface area contributed by atoms with Crippen molar-refractivity contribution in [2.24, 2.45) is 0 Å². The van der Waals surface area contributed by atoms with Crippen molar-refractivity contribution in [1.29, 1.82) is 5.26 Å². The normalized spacial score (nSPS) is 12.7. The van der Waals surface area contributed by atoms with Crippen LogP contribution in [0.2, 0.25) is 0 Å². The van der Waals surface area contributed by atoms with Crippen LogP contribution in [-0.2, 0) is 30.7 Å². The molecular weight excluding hydrogens is 562 g/mol. The molecule has 4 aromatic carbocycles. The quantitative estimate of drug-likeness (QED) is 0.0980. The minimum atomic E-state index is 0.426. The molecule has 0 spiro atoms. The lowest BCUT2D eigenvalue weighted by molar-refractivity contribution is 0.211. The summed E-state index contributed by atoms with van der Waals surface area (Å²) in [6.07, 6.45) is 13.4. The van der Waals surface area contributed by atoms with E-state index in [-0.39, 0.29) is 0 Å². The second kappa shape index (κ2) is 21.9. The molecule has 0 aliphatic heterocycles. The molecule has 2 atom stereocenters. The SMILES string of the molecule is CC(CCc1ccccc1)NCc1cccc(C#N)c1.C\C=C/C=C(\C=C\CNC(C)Cc1ccccc1)OCc1ccccc1. The summed E-state index contributed by atoms with van der Waals surface area (Å²) < 4.78 is 5.93. The lowest BCUT2D eigenvalue weighted by Crippen LogP contribution is -2.28. The Morgan fingerprint density at radius 1 is 0.761 bits per heavy atom. The zero-order valence-corrected chi connectivity index (χ0v) is 27.6. The van der Waals surface area contributed by atoms with Gasteiger partial charge in [-0.2, -0.15) is 5.26 Å². The van der Waals surface area contributed by atoms with Gasteiger partial charge >= 0.3 is 0 Å². The van der Waals surface area contributed by atoms with Crippen molar-refractivity contribution in [3.8, 4) is 6.07 Å². The third kappa shape index (κ3) is 15.3. The van der Waals surface area contributed by atoms with Gasteiger partial charge < -0.3 is 15.4 Å². The summed E-state index contributed by atoms with van der Waals surface area (Å²) in [5.74, 6) is 0.865. The second-order valence-corrected chi connectivity index (χ2v) is 11.4. The molecule has 238 valence electrons. The number of nitrogens with zero attached hydrogens (tertiary/aromatic N) is 1. The molecule has 0 aliphatic rings. The number of rotatable bonds is 16. The zero-order valence-electron chi connectivity index (χ0n) is 27.6. The fourth-order valence-corrected chi connectivity index (χ4v) is 4.74. The topological polar surface area (TPSA) is 57.1 Å². The van der Waals surface area contributed by atoms with Gasteiger partial charge in [0.15, 0.2) is 0 Å². The molecule has 46 heavy (non-hydrogen) atoms. The molecule has 4 rings (SSSR count). The number of nitrogens with one attached hydrogen (secondary N) is 2. The summed E-state index contributed by atoms with van der Waals surface area (Å²) in [5, 5.41) is 15.9. The number of aryl methyl sites for hydroxylation is 1. The average molecular weight is 612 g/mol. The first-order valence-electron chi connectivity index (χ1n) is 16.3. The van der Waals surface area contributed by atoms with Gasteiger partial charge in [0.05, 0.1) is 11.6 Å². The average Bonchev–Trinajstić information content (AvgIpc) is 3.10. The fraction of sp³-hybridized carbons (Fsp3) is 0.262. The molecule has 2 N–H and O–H groups in total. The number of hydrogen-bond acceptors (Lipinski definition) is 4. The number of benzene rings is 4. The summed E-state index contributed by atoms with van der Waals surface area (Å²) in [4.78, 5) is 0. The molecule has 4 nitrogen and oxygen atoms in total. The van der Waals surface area contributed by atoms with E-state index < -0.39 is 0 Å². The van der Waals surface area contributed by atoms with Gasteiger partial charge in [-0.3, -0.25) is 0 Å². The van der Waals surface area contributed by atoms with Crippen LogP contribution in [0.1, 0.15) is 55.0 Å². The lowest BCUT2D eigenvalue weighted by atomic mass is 10.1. The van der Waals surface area contributed by atoms with E-state index in [2.05, 4.69) is 109 Å². The van der Waals surface area contributed by atoms with Crippen molar-refractivity contribution in [2.75, 3.05) is 6.54 Å². The molecule has 0 aliphatic carbocycles. The Morgan fingerprint density at radius 3 is 2.04 bits per heavy atom. The standard InChI is InChI=1S/C24H29NO.C18H20N2/c1-3-4-16-24(26-20-23-14-9-6-10-15-23)17-11-18-25-21(2)19-22-12-7-5-8-13-22;1-15(10-11-16-6-3-2-4-7-16)20-14-18-9-5-8-17(12-18)13-19/h3-17,21,25H,18-20H2,1-2H3;2-9,12,15,20H,10-11,14H2,1H3/b4-3-,17-11+,24-16+;. The second-order valence-electron chi connectivity index (χ2n) is 11.4. The van der Waals surface area contributed by atoms with Gasteiger partial charge in [0.25, 0.3) is 0 Å². The van der Waals surface area contributed by atoms with E-state index in [1.165, 1.54) is 16.7 Å². The van der Waals surface area contributed by atoms with Gasteiger partial charge in [-0.15, -0.1) is 0 Å². The maximum absolute atomic E-state index is 8.88. The monoisotopic (exact) mass is 611 g/mol. The Morgan fingerprint density at radius 2 is 1.39 bits per heavy atom. The summed E-state index contributed by atoms with van der Waals surface area (Å²) in [5.41, 5.74) is 5.79. The van der Waals surface area contributed by atoms with Crippen LogP contribution in [-0.4, -0.2) is 18.6 Å². The van der Waals surface area contributed by atoms with Crippen molar-refractivity contribution >= 4 is 0 Å². The third-order valence-corrected chi connectivity index (χ3v) is 7.37. The highest BCUT2D eigenvalue weighted by molar-refractivity contribution is 5.32. The van der Waals surface area contributed by atoms with Crippen LogP contribution >= 0.6 is 0 Å². The summed E-state index contributed by atoms with van der Waals surface area (Å²) in [6, 6.07) is 42.2. The molecule has 4 heteroatoms. The maximum Gasteiger partial charge on any atom is 0.119 e. The number of nitriles is 1. The van der Waals surface area contributed by atoms with Gasteiger partial charge in [-0.1, -0.05) is 121 Å². The Bertz CT molecular complexity index is 1510. The van der Waals surface area contributed by atoms with E-state index >= 15 is 0 Å². The van der Waals surface area contributed by atoms with Crippen molar-refractivity contribution < 1.29 is 4.74 Å². The fourth-order valence-electron chi connectivity index (χ4n) is 4.74. The lowest BCUT2D eigenvalue weighted by Gasteiger charge is -2.14. The molecular formula is C42H49N3O. The van der Waals surface area contributed by atoms with Crippen molar-refractivity contribution in [3.63, 3.8) is 0 Å². The first-order chi connectivity index (χ1) is 22.6. The first kappa shape index (κ1) is 35.8. The van der Waals surface area contributed by atoms with Crippen LogP contribution in [0.3, 0.4) is 0 Å². The highest BCUT2D eigenvalue weighted by Gasteiger charge is 2.04. The Hall–Kier alpha value is -4.69. The summed E-state index contributed by atoms with van der Waals surface area (Å²) in [7, 11) is 0. The highest BCUT2D eigenvalue weighted by atomic mass is 16.5. The minimum Gasteiger partial charge on any atom is -0.489 e. The highest BCUT2D eigenvalue weighted by Crippen LogP contribution is 2.09. The Balaban J connectivity index is 0.000000259.